The molecule has 0 radical (unpaired) electrons. The van der Waals surface area contributed by atoms with Crippen LogP contribution in [-0.4, -0.2) is 66.4 Å². The van der Waals surface area contributed by atoms with Crippen LogP contribution in [0.2, 0.25) is 0 Å². The van der Waals surface area contributed by atoms with Crippen LogP contribution in [0.4, 0.5) is 0 Å². The van der Waals surface area contributed by atoms with Gasteiger partial charge in [0.05, 0.1) is 0 Å². The van der Waals surface area contributed by atoms with Gasteiger partial charge in [-0.05, 0) is 63.2 Å². The van der Waals surface area contributed by atoms with Crippen LogP contribution in [0.5, 0.6) is 0 Å². The third kappa shape index (κ3) is 4.72. The van der Waals surface area contributed by atoms with E-state index in [-0.39, 0.29) is 5.91 Å². The predicted molar refractivity (Wildman–Crippen MR) is 109 cm³/mol. The van der Waals surface area contributed by atoms with Crippen LogP contribution in [0.25, 0.3) is 0 Å². The van der Waals surface area contributed by atoms with E-state index in [9.17, 15) is 4.79 Å². The Morgan fingerprint density at radius 1 is 1.00 bits per heavy atom. The van der Waals surface area contributed by atoms with E-state index in [0.29, 0.717) is 5.41 Å². The summed E-state index contributed by atoms with van der Waals surface area (Å²) in [6.45, 7) is 11.0. The molecule has 1 aromatic carbocycles. The lowest BCUT2D eigenvalue weighted by molar-refractivity contribution is -0.128. The Kier molecular flexibility index (Phi) is 5.84. The molecule has 0 aromatic heterocycles. The van der Waals surface area contributed by atoms with Crippen LogP contribution in [0.3, 0.4) is 0 Å². The summed E-state index contributed by atoms with van der Waals surface area (Å²) in [4.78, 5) is 19.2. The third-order valence-corrected chi connectivity index (χ3v) is 7.10. The highest BCUT2D eigenvalue weighted by Crippen LogP contribution is 2.39. The Bertz CT molecular complexity index is 626. The highest BCUT2D eigenvalue weighted by atomic mass is 16.2. The normalized spacial score (nSPS) is 28.1. The zero-order valence-electron chi connectivity index (χ0n) is 16.9. The number of nitrogens with zero attached hydrogens (tertiary/aromatic N) is 3. The van der Waals surface area contributed by atoms with E-state index < -0.39 is 0 Å². The quantitative estimate of drug-likeness (QED) is 0.815. The number of piperidine rings is 2. The van der Waals surface area contributed by atoms with Gasteiger partial charge in [0.1, 0.15) is 0 Å². The molecule has 3 saturated heterocycles. The van der Waals surface area contributed by atoms with Crippen molar-refractivity contribution in [1.29, 1.82) is 0 Å². The summed E-state index contributed by atoms with van der Waals surface area (Å²) in [6.07, 6.45) is 6.48. The maximum atomic E-state index is 11.7. The minimum atomic E-state index is 0.259. The van der Waals surface area contributed by atoms with Crippen LogP contribution in [0, 0.1) is 11.3 Å². The lowest BCUT2D eigenvalue weighted by atomic mass is 9.78. The van der Waals surface area contributed by atoms with Gasteiger partial charge in [-0.2, -0.15) is 0 Å². The Labute approximate surface area is 164 Å². The first-order valence-electron chi connectivity index (χ1n) is 10.9. The highest BCUT2D eigenvalue weighted by molar-refractivity contribution is 5.73. The first-order chi connectivity index (χ1) is 13.1. The fourth-order valence-electron chi connectivity index (χ4n) is 5.54. The molecule has 148 valence electrons. The molecule has 3 aliphatic heterocycles. The molecular formula is C23H35N3O. The van der Waals surface area contributed by atoms with E-state index in [1.807, 2.05) is 0 Å². The average molecular weight is 370 g/mol. The van der Waals surface area contributed by atoms with Crippen molar-refractivity contribution in [1.82, 2.24) is 14.7 Å². The zero-order chi connectivity index (χ0) is 18.7. The van der Waals surface area contributed by atoms with E-state index in [4.69, 9.17) is 0 Å². The third-order valence-electron chi connectivity index (χ3n) is 7.10. The number of amides is 1. The number of hydrogen-bond donors (Lipinski definition) is 0. The van der Waals surface area contributed by atoms with Crippen molar-refractivity contribution in [2.75, 3.05) is 45.8 Å². The fraction of sp³-hybridized carbons (Fsp3) is 0.696. The van der Waals surface area contributed by atoms with Gasteiger partial charge in [0.25, 0.3) is 0 Å². The lowest BCUT2D eigenvalue weighted by Gasteiger charge is -2.42. The molecule has 4 heteroatoms. The topological polar surface area (TPSA) is 26.8 Å². The Hall–Kier alpha value is -1.39. The molecule has 1 unspecified atom stereocenters. The van der Waals surface area contributed by atoms with Gasteiger partial charge in [-0.1, -0.05) is 30.3 Å². The SMILES string of the molecule is CC(=O)N1CCC2(CCCN(CC3CCN(Cc4ccccc4)CC3)C2)C1. The highest BCUT2D eigenvalue weighted by Gasteiger charge is 2.42. The van der Waals surface area contributed by atoms with Crippen LogP contribution in [0.15, 0.2) is 30.3 Å². The van der Waals surface area contributed by atoms with Crippen molar-refractivity contribution in [3.05, 3.63) is 35.9 Å². The van der Waals surface area contributed by atoms with E-state index >= 15 is 0 Å². The minimum absolute atomic E-state index is 0.259. The largest absolute Gasteiger partial charge is 0.342 e. The Balaban J connectivity index is 1.24. The van der Waals surface area contributed by atoms with Gasteiger partial charge >= 0.3 is 0 Å². The number of likely N-dealkylation sites (tertiary alicyclic amines) is 3. The number of hydrogen-bond acceptors (Lipinski definition) is 3. The minimum Gasteiger partial charge on any atom is -0.342 e. The van der Waals surface area contributed by atoms with Crippen LogP contribution >= 0.6 is 0 Å². The van der Waals surface area contributed by atoms with Gasteiger partial charge in [-0.3, -0.25) is 9.69 Å². The van der Waals surface area contributed by atoms with Crippen LogP contribution in [-0.2, 0) is 11.3 Å². The van der Waals surface area contributed by atoms with Crippen molar-refractivity contribution in [3.8, 4) is 0 Å². The Morgan fingerprint density at radius 3 is 2.48 bits per heavy atom. The van der Waals surface area contributed by atoms with Gasteiger partial charge in [-0.15, -0.1) is 0 Å². The van der Waals surface area contributed by atoms with E-state index in [1.54, 1.807) is 6.92 Å². The van der Waals surface area contributed by atoms with Gasteiger partial charge in [0, 0.05) is 45.1 Å². The first kappa shape index (κ1) is 18.9. The summed E-state index contributed by atoms with van der Waals surface area (Å²) < 4.78 is 0. The van der Waals surface area contributed by atoms with Crippen LogP contribution < -0.4 is 0 Å². The zero-order valence-corrected chi connectivity index (χ0v) is 16.9. The van der Waals surface area contributed by atoms with Crippen LogP contribution in [0.1, 0.15) is 44.6 Å². The van der Waals surface area contributed by atoms with Crippen molar-refractivity contribution < 1.29 is 4.79 Å². The molecular weight excluding hydrogens is 334 g/mol. The second-order valence-electron chi connectivity index (χ2n) is 9.23. The summed E-state index contributed by atoms with van der Waals surface area (Å²) in [5.74, 6) is 1.10. The molecule has 4 rings (SSSR count). The summed E-state index contributed by atoms with van der Waals surface area (Å²) in [5, 5.41) is 0. The molecule has 0 bridgehead atoms. The summed E-state index contributed by atoms with van der Waals surface area (Å²) in [5.41, 5.74) is 1.82. The monoisotopic (exact) mass is 369 g/mol. The maximum Gasteiger partial charge on any atom is 0.219 e. The molecule has 3 heterocycles. The van der Waals surface area contributed by atoms with E-state index in [2.05, 4.69) is 45.0 Å². The van der Waals surface area contributed by atoms with Gasteiger partial charge < -0.3 is 9.80 Å². The van der Waals surface area contributed by atoms with Crippen molar-refractivity contribution in [2.45, 2.75) is 45.6 Å². The fourth-order valence-corrected chi connectivity index (χ4v) is 5.54. The second-order valence-corrected chi connectivity index (χ2v) is 9.23. The molecule has 3 aliphatic rings. The van der Waals surface area contributed by atoms with Gasteiger partial charge in [0.2, 0.25) is 5.91 Å². The van der Waals surface area contributed by atoms with Crippen molar-refractivity contribution in [2.24, 2.45) is 11.3 Å². The first-order valence-corrected chi connectivity index (χ1v) is 10.9. The molecule has 1 spiro atoms. The molecule has 27 heavy (non-hydrogen) atoms. The molecule has 1 aromatic rings. The molecule has 1 atom stereocenters. The van der Waals surface area contributed by atoms with Crippen molar-refractivity contribution >= 4 is 5.91 Å². The summed E-state index contributed by atoms with van der Waals surface area (Å²) >= 11 is 0. The standard InChI is InChI=1S/C23H35N3O/c1-20(27)26-15-11-23(19-26)10-5-12-25(18-23)17-22-8-13-24(14-9-22)16-21-6-3-2-4-7-21/h2-4,6-7,22H,5,8-19H2,1H3. The smallest absolute Gasteiger partial charge is 0.219 e. The second kappa shape index (κ2) is 8.32. The number of carbonyl (C=O) groups is 1. The van der Waals surface area contributed by atoms with E-state index in [0.717, 1.165) is 25.6 Å². The van der Waals surface area contributed by atoms with Gasteiger partial charge in [0.15, 0.2) is 0 Å². The molecule has 0 aliphatic carbocycles. The van der Waals surface area contributed by atoms with E-state index in [1.165, 1.54) is 70.4 Å². The number of carbonyl (C=O) groups excluding carboxylic acids is 1. The summed E-state index contributed by atoms with van der Waals surface area (Å²) in [6, 6.07) is 10.9. The molecule has 1 amide bonds. The lowest BCUT2D eigenvalue weighted by Crippen LogP contribution is -2.47. The number of benzene rings is 1. The average Bonchev–Trinajstić information content (AvgIpc) is 3.08. The molecule has 0 N–H and O–H groups in total. The van der Waals surface area contributed by atoms with Gasteiger partial charge in [-0.25, -0.2) is 0 Å². The molecule has 4 nitrogen and oxygen atoms in total. The Morgan fingerprint density at radius 2 is 1.78 bits per heavy atom. The predicted octanol–water partition coefficient (Wildman–Crippen LogP) is 3.23. The maximum absolute atomic E-state index is 11.7. The summed E-state index contributed by atoms with van der Waals surface area (Å²) in [7, 11) is 0. The molecule has 0 saturated carbocycles. The van der Waals surface area contributed by atoms with Crippen molar-refractivity contribution in [3.63, 3.8) is 0 Å². The number of rotatable bonds is 4. The molecule has 3 fully saturated rings.